The molecule has 13 aromatic carbocycles. The highest BCUT2D eigenvalue weighted by Gasteiger charge is 2.49. The Morgan fingerprint density at radius 3 is 1.27 bits per heavy atom. The average molecular weight is 847 g/mol. The summed E-state index contributed by atoms with van der Waals surface area (Å²) in [6, 6.07) is 95.5. The summed E-state index contributed by atoms with van der Waals surface area (Å²) in [5.74, 6) is 0. The van der Waals surface area contributed by atoms with Crippen molar-refractivity contribution >= 4 is 64.6 Å². The van der Waals surface area contributed by atoms with Gasteiger partial charge in [-0.1, -0.05) is 237 Å². The monoisotopic (exact) mass is 846 g/mol. The van der Waals surface area contributed by atoms with Gasteiger partial charge >= 0.3 is 0 Å². The molecular formula is C67H42. The first-order valence-corrected chi connectivity index (χ1v) is 23.4. The van der Waals surface area contributed by atoms with E-state index in [1.807, 2.05) is 0 Å². The zero-order valence-electron chi connectivity index (χ0n) is 36.7. The molecule has 0 atom stereocenters. The predicted octanol–water partition coefficient (Wildman–Crippen LogP) is 18.0. The molecule has 0 fully saturated rings. The summed E-state index contributed by atoms with van der Waals surface area (Å²) in [5.41, 5.74) is 14.6. The second-order valence-electron chi connectivity index (χ2n) is 18.2. The van der Waals surface area contributed by atoms with Gasteiger partial charge in [-0.25, -0.2) is 0 Å². The highest BCUT2D eigenvalue weighted by atomic mass is 14.5. The molecule has 67 heavy (non-hydrogen) atoms. The minimum absolute atomic E-state index is 0.635. The molecule has 0 aromatic heterocycles. The van der Waals surface area contributed by atoms with Crippen molar-refractivity contribution < 1.29 is 0 Å². The standard InChI is InChI=1S/C67H42/c1-3-24-48(25-4-1)67(49-26-5-2-6-27-49)61-42-60(52-30-10-12-31-53(52)64(61)65-54-32-13-9-28-50(54)51-29-11-18-37-59(51)66(65)67)63-57-35-16-14-33-55(57)62(56-34-15-17-36-58(56)63)47-23-19-22-45(41-47)46-39-38-43-20-7-8-21-44(43)40-46/h1-42H. The Bertz CT molecular complexity index is 4040. The van der Waals surface area contributed by atoms with Crippen molar-refractivity contribution in [1.29, 1.82) is 0 Å². The van der Waals surface area contributed by atoms with Crippen LogP contribution in [-0.2, 0) is 5.41 Å². The fourth-order valence-corrected chi connectivity index (χ4v) is 12.2. The van der Waals surface area contributed by atoms with Crippen LogP contribution >= 0.6 is 0 Å². The molecule has 0 spiro atoms. The maximum atomic E-state index is 2.61. The summed E-state index contributed by atoms with van der Waals surface area (Å²) in [4.78, 5) is 0. The molecule has 0 saturated carbocycles. The maximum absolute atomic E-state index is 2.61. The van der Waals surface area contributed by atoms with Crippen LogP contribution in [0.15, 0.2) is 255 Å². The van der Waals surface area contributed by atoms with Gasteiger partial charge in [-0.3, -0.25) is 0 Å². The molecule has 13 aromatic rings. The Hall–Kier alpha value is -8.58. The van der Waals surface area contributed by atoms with Crippen LogP contribution in [0.5, 0.6) is 0 Å². The first-order valence-electron chi connectivity index (χ1n) is 23.4. The fraction of sp³-hybridized carbons (Fsp3) is 0.0149. The van der Waals surface area contributed by atoms with Crippen LogP contribution in [0, 0.1) is 0 Å². The van der Waals surface area contributed by atoms with Gasteiger partial charge in [0, 0.05) is 0 Å². The smallest absolute Gasteiger partial charge is 0.0622 e. The molecule has 0 heterocycles. The lowest BCUT2D eigenvalue weighted by Gasteiger charge is -2.35. The zero-order chi connectivity index (χ0) is 44.1. The lowest BCUT2D eigenvalue weighted by atomic mass is 9.66. The average Bonchev–Trinajstić information content (AvgIpc) is 3.73. The predicted molar refractivity (Wildman–Crippen MR) is 285 cm³/mol. The third-order valence-corrected chi connectivity index (χ3v) is 14.9. The maximum Gasteiger partial charge on any atom is 0.0720 e. The second-order valence-corrected chi connectivity index (χ2v) is 18.2. The molecule has 0 aliphatic heterocycles. The van der Waals surface area contributed by atoms with E-state index in [1.54, 1.807) is 0 Å². The summed E-state index contributed by atoms with van der Waals surface area (Å²) >= 11 is 0. The van der Waals surface area contributed by atoms with Crippen molar-refractivity contribution in [3.05, 3.63) is 277 Å². The van der Waals surface area contributed by atoms with E-state index in [0.717, 1.165) is 0 Å². The minimum atomic E-state index is -0.635. The van der Waals surface area contributed by atoms with Crippen molar-refractivity contribution in [2.75, 3.05) is 0 Å². The van der Waals surface area contributed by atoms with Crippen molar-refractivity contribution in [1.82, 2.24) is 0 Å². The van der Waals surface area contributed by atoms with Crippen LogP contribution < -0.4 is 0 Å². The SMILES string of the molecule is c1ccc(C2(c3ccccc3)c3cc(-c4c5ccccc5c(-c5cccc(-c6ccc7ccccc7c6)c5)c5ccccc45)c4ccccc4c3-c3c2c2ccccc2c2ccccc32)cc1. The molecule has 0 nitrogen and oxygen atoms in total. The van der Waals surface area contributed by atoms with Gasteiger partial charge < -0.3 is 0 Å². The van der Waals surface area contributed by atoms with Crippen LogP contribution in [0.2, 0.25) is 0 Å². The van der Waals surface area contributed by atoms with Crippen LogP contribution in [-0.4, -0.2) is 0 Å². The molecule has 0 saturated heterocycles. The number of rotatable bonds is 5. The van der Waals surface area contributed by atoms with E-state index in [4.69, 9.17) is 0 Å². The Balaban J connectivity index is 1.12. The number of fused-ring (bicyclic) bond motifs is 13. The normalized spacial score (nSPS) is 12.9. The van der Waals surface area contributed by atoms with Gasteiger partial charge in [-0.15, -0.1) is 0 Å². The second kappa shape index (κ2) is 14.7. The van der Waals surface area contributed by atoms with Gasteiger partial charge in [0.15, 0.2) is 0 Å². The van der Waals surface area contributed by atoms with Crippen LogP contribution in [0.25, 0.3) is 109 Å². The highest BCUT2D eigenvalue weighted by molar-refractivity contribution is 6.27. The Kier molecular flexibility index (Phi) is 8.30. The summed E-state index contributed by atoms with van der Waals surface area (Å²) in [6.07, 6.45) is 0. The molecular weight excluding hydrogens is 805 g/mol. The quantitative estimate of drug-likeness (QED) is 0.120. The fourth-order valence-electron chi connectivity index (χ4n) is 12.2. The molecule has 0 heteroatoms. The zero-order valence-corrected chi connectivity index (χ0v) is 36.7. The van der Waals surface area contributed by atoms with Gasteiger partial charge in [-0.05, 0) is 150 Å². The molecule has 0 amide bonds. The van der Waals surface area contributed by atoms with E-state index in [1.165, 1.54) is 131 Å². The molecule has 0 N–H and O–H groups in total. The number of benzene rings is 13. The molecule has 1 aliphatic rings. The lowest BCUT2D eigenvalue weighted by Crippen LogP contribution is -2.29. The molecule has 1 aliphatic carbocycles. The van der Waals surface area contributed by atoms with Crippen molar-refractivity contribution in [2.24, 2.45) is 0 Å². The van der Waals surface area contributed by atoms with Gasteiger partial charge in [0.2, 0.25) is 0 Å². The first kappa shape index (κ1) is 37.8. The van der Waals surface area contributed by atoms with E-state index in [-0.39, 0.29) is 0 Å². The Labute approximate surface area is 389 Å². The molecule has 0 unspecified atom stereocenters. The molecule has 310 valence electrons. The van der Waals surface area contributed by atoms with Gasteiger partial charge in [0.1, 0.15) is 0 Å². The minimum Gasteiger partial charge on any atom is -0.0622 e. The summed E-state index contributed by atoms with van der Waals surface area (Å²) < 4.78 is 0. The Morgan fingerprint density at radius 2 is 0.657 bits per heavy atom. The molecule has 0 radical (unpaired) electrons. The van der Waals surface area contributed by atoms with Gasteiger partial charge in [0.05, 0.1) is 5.41 Å². The summed E-state index contributed by atoms with van der Waals surface area (Å²) in [7, 11) is 0. The van der Waals surface area contributed by atoms with Gasteiger partial charge in [-0.2, -0.15) is 0 Å². The van der Waals surface area contributed by atoms with E-state index in [0.29, 0.717) is 0 Å². The van der Waals surface area contributed by atoms with Crippen molar-refractivity contribution in [3.63, 3.8) is 0 Å². The first-order chi connectivity index (χ1) is 33.3. The van der Waals surface area contributed by atoms with E-state index in [2.05, 4.69) is 255 Å². The molecule has 0 bridgehead atoms. The summed E-state index contributed by atoms with van der Waals surface area (Å²) in [6.45, 7) is 0. The van der Waals surface area contributed by atoms with Crippen LogP contribution in [0.1, 0.15) is 22.3 Å². The van der Waals surface area contributed by atoms with Crippen LogP contribution in [0.3, 0.4) is 0 Å². The Morgan fingerprint density at radius 1 is 0.224 bits per heavy atom. The van der Waals surface area contributed by atoms with Crippen molar-refractivity contribution in [2.45, 2.75) is 5.41 Å². The van der Waals surface area contributed by atoms with Crippen LogP contribution in [0.4, 0.5) is 0 Å². The third-order valence-electron chi connectivity index (χ3n) is 14.9. The topological polar surface area (TPSA) is 0 Å². The van der Waals surface area contributed by atoms with Crippen molar-refractivity contribution in [3.8, 4) is 44.5 Å². The van der Waals surface area contributed by atoms with E-state index < -0.39 is 5.41 Å². The van der Waals surface area contributed by atoms with Gasteiger partial charge in [0.25, 0.3) is 0 Å². The number of hydrogen-bond donors (Lipinski definition) is 0. The largest absolute Gasteiger partial charge is 0.0720 e. The van der Waals surface area contributed by atoms with E-state index in [9.17, 15) is 0 Å². The summed E-state index contributed by atoms with van der Waals surface area (Å²) in [5, 5.41) is 15.1. The molecule has 14 rings (SSSR count). The van der Waals surface area contributed by atoms with E-state index >= 15 is 0 Å². The third kappa shape index (κ3) is 5.42. The highest BCUT2D eigenvalue weighted by Crippen LogP contribution is 2.63. The lowest BCUT2D eigenvalue weighted by molar-refractivity contribution is 0.777. The number of hydrogen-bond acceptors (Lipinski definition) is 0.